The second kappa shape index (κ2) is 9.02. The van der Waals surface area contributed by atoms with Crippen molar-refractivity contribution < 1.29 is 4.57 Å². The molecule has 2 heterocycles. The molecule has 2 nitrogen and oxygen atoms in total. The summed E-state index contributed by atoms with van der Waals surface area (Å²) in [5.41, 5.74) is 6.30. The highest BCUT2D eigenvalue weighted by Crippen LogP contribution is 2.34. The first-order valence-corrected chi connectivity index (χ1v) is 12.2. The molecule has 1 aliphatic rings. The molecule has 170 valence electrons. The van der Waals surface area contributed by atoms with Gasteiger partial charge < -0.3 is 4.90 Å². The Labute approximate surface area is 199 Å². The third kappa shape index (κ3) is 4.66. The average Bonchev–Trinajstić information content (AvgIpc) is 2.81. The van der Waals surface area contributed by atoms with Crippen LogP contribution in [-0.4, -0.2) is 6.54 Å². The van der Waals surface area contributed by atoms with Crippen LogP contribution < -0.4 is 9.47 Å². The first kappa shape index (κ1) is 23.0. The number of fused-ring (bicyclic) bond motifs is 2. The third-order valence-corrected chi connectivity index (χ3v) is 6.65. The van der Waals surface area contributed by atoms with Crippen LogP contribution in [0.5, 0.6) is 0 Å². The van der Waals surface area contributed by atoms with Crippen molar-refractivity contribution in [2.45, 2.75) is 53.5 Å². The Hall–Kier alpha value is -3.13. The number of hydrogen-bond donors (Lipinski definition) is 0. The first-order valence-electron chi connectivity index (χ1n) is 12.2. The first-order chi connectivity index (χ1) is 15.8. The number of rotatable bonds is 6. The van der Waals surface area contributed by atoms with E-state index in [1.54, 1.807) is 0 Å². The van der Waals surface area contributed by atoms with E-state index >= 15 is 0 Å². The van der Waals surface area contributed by atoms with Gasteiger partial charge in [0.25, 0.3) is 0 Å². The van der Waals surface area contributed by atoms with Crippen molar-refractivity contribution in [1.82, 2.24) is 0 Å². The number of allylic oxidation sites excluding steroid dienone is 4. The van der Waals surface area contributed by atoms with E-state index in [2.05, 4.69) is 142 Å². The van der Waals surface area contributed by atoms with Crippen molar-refractivity contribution in [3.63, 3.8) is 0 Å². The van der Waals surface area contributed by atoms with Gasteiger partial charge in [0.15, 0.2) is 5.69 Å². The molecule has 0 saturated carbocycles. The summed E-state index contributed by atoms with van der Waals surface area (Å²) in [6.45, 7) is 15.6. The number of pyridine rings is 1. The zero-order valence-corrected chi connectivity index (χ0v) is 21.0. The normalized spacial score (nSPS) is 15.6. The Balaban J connectivity index is 1.66. The van der Waals surface area contributed by atoms with Gasteiger partial charge in [-0.05, 0) is 57.5 Å². The standard InChI is InChI=1S/C31H37N2/c1-7-32-26(19-17-24-13-9-11-15-27(24)32)23-30(3,4)21-22-31(5,6)29-20-18-25-14-10-12-16-28(25)33(29)8-2/h9-23H,7-8H2,1-6H3/q+1/b22-21+,26-23+. The largest absolute Gasteiger partial charge is 0.342 e. The van der Waals surface area contributed by atoms with E-state index < -0.39 is 0 Å². The molecule has 0 spiro atoms. The summed E-state index contributed by atoms with van der Waals surface area (Å²) < 4.78 is 2.45. The number of nitrogens with zero attached hydrogens (tertiary/aromatic N) is 2. The van der Waals surface area contributed by atoms with Crippen molar-refractivity contribution in [1.29, 1.82) is 0 Å². The summed E-state index contributed by atoms with van der Waals surface area (Å²) in [5.74, 6) is 0. The lowest BCUT2D eigenvalue weighted by Gasteiger charge is -2.31. The summed E-state index contributed by atoms with van der Waals surface area (Å²) >= 11 is 0. The average molecular weight is 438 g/mol. The monoisotopic (exact) mass is 437 g/mol. The van der Waals surface area contributed by atoms with E-state index in [0.29, 0.717) is 0 Å². The fourth-order valence-electron chi connectivity index (χ4n) is 4.86. The molecule has 33 heavy (non-hydrogen) atoms. The number of anilines is 1. The second-order valence-electron chi connectivity index (χ2n) is 10.1. The SMILES string of the molecule is CCN1/C(=C/C(C)(C)/C=C/C(C)(C)c2ccc3ccccc3[n+]2CC)C=Cc2ccccc21. The van der Waals surface area contributed by atoms with E-state index in [1.807, 2.05) is 0 Å². The van der Waals surface area contributed by atoms with Crippen LogP contribution in [0.2, 0.25) is 0 Å². The molecule has 0 saturated heterocycles. The van der Waals surface area contributed by atoms with Gasteiger partial charge in [-0.3, -0.25) is 0 Å². The Morgan fingerprint density at radius 3 is 2.30 bits per heavy atom. The number of hydrogen-bond acceptors (Lipinski definition) is 1. The summed E-state index contributed by atoms with van der Waals surface area (Å²) in [4.78, 5) is 2.41. The highest BCUT2D eigenvalue weighted by atomic mass is 15.1. The van der Waals surface area contributed by atoms with Crippen LogP contribution in [0.3, 0.4) is 0 Å². The van der Waals surface area contributed by atoms with Crippen LogP contribution in [0.15, 0.2) is 90.7 Å². The Morgan fingerprint density at radius 2 is 1.55 bits per heavy atom. The van der Waals surface area contributed by atoms with Gasteiger partial charge in [0.1, 0.15) is 6.54 Å². The molecule has 0 N–H and O–H groups in total. The maximum Gasteiger partial charge on any atom is 0.212 e. The van der Waals surface area contributed by atoms with E-state index in [1.165, 1.54) is 33.5 Å². The van der Waals surface area contributed by atoms with Crippen LogP contribution in [0.25, 0.3) is 17.0 Å². The molecule has 2 aromatic carbocycles. The highest BCUT2D eigenvalue weighted by molar-refractivity contribution is 5.77. The maximum atomic E-state index is 2.45. The Morgan fingerprint density at radius 1 is 0.818 bits per heavy atom. The third-order valence-electron chi connectivity index (χ3n) is 6.65. The number of likely N-dealkylation sites (N-methyl/N-ethyl adjacent to an activating group) is 1. The van der Waals surface area contributed by atoms with Crippen molar-refractivity contribution in [2.24, 2.45) is 5.41 Å². The van der Waals surface area contributed by atoms with Gasteiger partial charge in [0.05, 0.1) is 5.41 Å². The van der Waals surface area contributed by atoms with Gasteiger partial charge in [-0.25, -0.2) is 0 Å². The second-order valence-corrected chi connectivity index (χ2v) is 10.1. The summed E-state index contributed by atoms with van der Waals surface area (Å²) in [7, 11) is 0. The number of para-hydroxylation sites is 2. The molecule has 2 heteroatoms. The summed E-state index contributed by atoms with van der Waals surface area (Å²) in [5, 5.41) is 1.29. The molecule has 3 aromatic rings. The van der Waals surface area contributed by atoms with Crippen molar-refractivity contribution in [3.05, 3.63) is 102 Å². The number of aromatic nitrogens is 1. The van der Waals surface area contributed by atoms with Crippen molar-refractivity contribution >= 4 is 22.7 Å². The van der Waals surface area contributed by atoms with E-state index in [4.69, 9.17) is 0 Å². The molecule has 0 atom stereocenters. The molecule has 0 radical (unpaired) electrons. The molecular weight excluding hydrogens is 400 g/mol. The maximum absolute atomic E-state index is 2.45. The molecule has 0 unspecified atom stereocenters. The van der Waals surface area contributed by atoms with Crippen molar-refractivity contribution in [2.75, 3.05) is 11.4 Å². The zero-order valence-electron chi connectivity index (χ0n) is 21.0. The predicted molar refractivity (Wildman–Crippen MR) is 142 cm³/mol. The Bertz CT molecular complexity index is 1240. The molecular formula is C31H37N2+. The molecule has 0 amide bonds. The molecule has 0 bridgehead atoms. The minimum absolute atomic E-state index is 0.0788. The highest BCUT2D eigenvalue weighted by Gasteiger charge is 2.29. The van der Waals surface area contributed by atoms with E-state index in [9.17, 15) is 0 Å². The molecule has 0 aliphatic carbocycles. The quantitative estimate of drug-likeness (QED) is 0.287. The van der Waals surface area contributed by atoms with Crippen molar-refractivity contribution in [3.8, 4) is 0 Å². The minimum atomic E-state index is -0.0880. The minimum Gasteiger partial charge on any atom is -0.342 e. The lowest BCUT2D eigenvalue weighted by molar-refractivity contribution is -0.678. The van der Waals surface area contributed by atoms with Gasteiger partial charge in [-0.2, -0.15) is 4.57 Å². The van der Waals surface area contributed by atoms with Gasteiger partial charge in [0.2, 0.25) is 5.52 Å². The smallest absolute Gasteiger partial charge is 0.212 e. The van der Waals surface area contributed by atoms with E-state index in [0.717, 1.165) is 13.1 Å². The number of aryl methyl sites for hydroxylation is 1. The van der Waals surface area contributed by atoms with Crippen LogP contribution in [0, 0.1) is 5.41 Å². The summed E-state index contributed by atoms with van der Waals surface area (Å²) in [6, 6.07) is 21.8. The number of benzene rings is 2. The van der Waals surface area contributed by atoms with Crippen LogP contribution in [0.4, 0.5) is 5.69 Å². The predicted octanol–water partition coefficient (Wildman–Crippen LogP) is 7.44. The Kier molecular flexibility index (Phi) is 6.30. The van der Waals surface area contributed by atoms with Gasteiger partial charge in [-0.1, -0.05) is 68.5 Å². The fourth-order valence-corrected chi connectivity index (χ4v) is 4.86. The molecule has 1 aromatic heterocycles. The summed E-state index contributed by atoms with van der Waals surface area (Å²) in [6.07, 6.45) is 11.6. The lowest BCUT2D eigenvalue weighted by atomic mass is 9.82. The molecule has 0 fully saturated rings. The molecule has 1 aliphatic heterocycles. The van der Waals surface area contributed by atoms with Crippen LogP contribution >= 0.6 is 0 Å². The topological polar surface area (TPSA) is 7.12 Å². The van der Waals surface area contributed by atoms with Crippen LogP contribution in [-0.2, 0) is 12.0 Å². The lowest BCUT2D eigenvalue weighted by Crippen LogP contribution is -2.43. The van der Waals surface area contributed by atoms with E-state index in [-0.39, 0.29) is 10.8 Å². The molecule has 4 rings (SSSR count). The van der Waals surface area contributed by atoms with Crippen LogP contribution in [0.1, 0.15) is 52.8 Å². The van der Waals surface area contributed by atoms with Gasteiger partial charge in [0, 0.05) is 40.9 Å². The van der Waals surface area contributed by atoms with Gasteiger partial charge >= 0.3 is 0 Å². The van der Waals surface area contributed by atoms with Gasteiger partial charge in [-0.15, -0.1) is 0 Å². The zero-order chi connectivity index (χ0) is 23.6. The fraction of sp³-hybridized carbons (Fsp3) is 0.323.